The molecule has 0 saturated carbocycles. The number of amides is 1. The van der Waals surface area contributed by atoms with E-state index in [0.29, 0.717) is 18.3 Å². The van der Waals surface area contributed by atoms with Gasteiger partial charge in [0.15, 0.2) is 5.22 Å². The summed E-state index contributed by atoms with van der Waals surface area (Å²) in [5, 5.41) is 6.51. The van der Waals surface area contributed by atoms with Gasteiger partial charge in [0.25, 0.3) is 0 Å². The largest absolute Gasteiger partial charge is 0.448 e. The van der Waals surface area contributed by atoms with E-state index in [9.17, 15) is 4.79 Å². The first-order chi connectivity index (χ1) is 9.80. The summed E-state index contributed by atoms with van der Waals surface area (Å²) >= 11 is 5.73. The number of rotatable bonds is 7. The molecule has 120 valence electrons. The Labute approximate surface area is 131 Å². The van der Waals surface area contributed by atoms with E-state index >= 15 is 0 Å². The Hall–Kier alpha value is -1.20. The maximum atomic E-state index is 11.6. The molecule has 0 fully saturated rings. The first-order valence-electron chi connectivity index (χ1n) is 7.24. The monoisotopic (exact) mass is 316 g/mol. The van der Waals surface area contributed by atoms with E-state index in [1.165, 1.54) is 0 Å². The zero-order valence-electron chi connectivity index (χ0n) is 13.2. The zero-order chi connectivity index (χ0) is 15.9. The van der Waals surface area contributed by atoms with Gasteiger partial charge >= 0.3 is 6.09 Å². The fourth-order valence-corrected chi connectivity index (χ4v) is 2.00. The number of carbonyl (C=O) groups is 1. The van der Waals surface area contributed by atoms with Crippen LogP contribution in [0, 0.1) is 0 Å². The molecule has 21 heavy (non-hydrogen) atoms. The Bertz CT molecular complexity index is 440. The zero-order valence-corrected chi connectivity index (χ0v) is 13.9. The minimum absolute atomic E-state index is 0.159. The summed E-state index contributed by atoms with van der Waals surface area (Å²) in [5.74, 6) is 0.776. The van der Waals surface area contributed by atoms with Gasteiger partial charge in [-0.25, -0.2) is 4.79 Å². The second-order valence-electron chi connectivity index (χ2n) is 5.96. The van der Waals surface area contributed by atoms with Crippen molar-refractivity contribution >= 4 is 17.7 Å². The molecule has 1 heterocycles. The highest BCUT2D eigenvalue weighted by atomic mass is 35.5. The maximum absolute atomic E-state index is 11.6. The van der Waals surface area contributed by atoms with Gasteiger partial charge in [0.1, 0.15) is 11.4 Å². The molecule has 0 aliphatic rings. The van der Waals surface area contributed by atoms with Crippen molar-refractivity contribution in [3.05, 3.63) is 23.1 Å². The van der Waals surface area contributed by atoms with E-state index in [1.807, 2.05) is 26.8 Å². The van der Waals surface area contributed by atoms with Crippen LogP contribution in [0.5, 0.6) is 0 Å². The average Bonchev–Trinajstić information content (AvgIpc) is 2.76. The molecule has 0 aromatic carbocycles. The van der Waals surface area contributed by atoms with Crippen LogP contribution in [-0.2, 0) is 11.3 Å². The second-order valence-corrected chi connectivity index (χ2v) is 6.33. The van der Waals surface area contributed by atoms with Crippen LogP contribution in [0.15, 0.2) is 16.5 Å². The van der Waals surface area contributed by atoms with E-state index in [0.717, 1.165) is 18.6 Å². The van der Waals surface area contributed by atoms with Crippen molar-refractivity contribution in [2.75, 3.05) is 6.54 Å². The van der Waals surface area contributed by atoms with Gasteiger partial charge in [-0.05, 0) is 50.9 Å². The molecule has 0 bridgehead atoms. The van der Waals surface area contributed by atoms with Gasteiger partial charge in [-0.1, -0.05) is 13.3 Å². The van der Waals surface area contributed by atoms with E-state index in [1.54, 1.807) is 6.07 Å². The van der Waals surface area contributed by atoms with Crippen molar-refractivity contribution in [2.45, 2.75) is 58.7 Å². The van der Waals surface area contributed by atoms with E-state index in [4.69, 9.17) is 20.8 Å². The summed E-state index contributed by atoms with van der Waals surface area (Å²) in [6, 6.07) is 3.71. The van der Waals surface area contributed by atoms with Gasteiger partial charge in [-0.3, -0.25) is 0 Å². The van der Waals surface area contributed by atoms with Crippen molar-refractivity contribution in [1.29, 1.82) is 0 Å². The van der Waals surface area contributed by atoms with Crippen LogP contribution in [0.2, 0.25) is 5.22 Å². The molecule has 1 rings (SSSR count). The minimum Gasteiger partial charge on any atom is -0.448 e. The molecule has 5 nitrogen and oxygen atoms in total. The molecule has 0 spiro atoms. The quantitative estimate of drug-likeness (QED) is 0.804. The Morgan fingerprint density at radius 1 is 1.43 bits per heavy atom. The smallest absolute Gasteiger partial charge is 0.407 e. The van der Waals surface area contributed by atoms with E-state index in [-0.39, 0.29) is 6.04 Å². The number of halogens is 1. The van der Waals surface area contributed by atoms with E-state index in [2.05, 4.69) is 17.6 Å². The normalized spacial score (nSPS) is 13.0. The van der Waals surface area contributed by atoms with Gasteiger partial charge in [0, 0.05) is 12.6 Å². The third-order valence-corrected chi connectivity index (χ3v) is 2.93. The van der Waals surface area contributed by atoms with Crippen molar-refractivity contribution in [2.24, 2.45) is 0 Å². The predicted molar refractivity (Wildman–Crippen MR) is 83.5 cm³/mol. The standard InChI is InChI=1S/C15H25ClN2O3/c1-5-6-11(9-18-14(19)21-15(2,3)4)17-10-12-7-8-13(16)20-12/h7-8,11,17H,5-6,9-10H2,1-4H3,(H,18,19). The number of carbonyl (C=O) groups excluding carboxylic acids is 1. The molecule has 0 radical (unpaired) electrons. The van der Waals surface area contributed by atoms with Crippen LogP contribution in [0.1, 0.15) is 46.3 Å². The van der Waals surface area contributed by atoms with E-state index < -0.39 is 11.7 Å². The van der Waals surface area contributed by atoms with Gasteiger partial charge in [-0.2, -0.15) is 0 Å². The Morgan fingerprint density at radius 3 is 2.67 bits per heavy atom. The van der Waals surface area contributed by atoms with Crippen molar-refractivity contribution < 1.29 is 13.9 Å². The maximum Gasteiger partial charge on any atom is 0.407 e. The SMILES string of the molecule is CCCC(CNC(=O)OC(C)(C)C)NCc1ccc(Cl)o1. The van der Waals surface area contributed by atoms with Crippen LogP contribution in [-0.4, -0.2) is 24.3 Å². The fraction of sp³-hybridized carbons (Fsp3) is 0.667. The van der Waals surface area contributed by atoms with Crippen LogP contribution in [0.25, 0.3) is 0 Å². The molecule has 1 amide bonds. The lowest BCUT2D eigenvalue weighted by atomic mass is 10.1. The Balaban J connectivity index is 2.37. The first-order valence-corrected chi connectivity index (χ1v) is 7.62. The molecule has 1 unspecified atom stereocenters. The van der Waals surface area contributed by atoms with Crippen molar-refractivity contribution in [3.63, 3.8) is 0 Å². The second kappa shape index (κ2) is 8.29. The highest BCUT2D eigenvalue weighted by Crippen LogP contribution is 2.13. The topological polar surface area (TPSA) is 63.5 Å². The van der Waals surface area contributed by atoms with Crippen molar-refractivity contribution in [1.82, 2.24) is 10.6 Å². The molecule has 1 atom stereocenters. The average molecular weight is 317 g/mol. The predicted octanol–water partition coefficient (Wildman–Crippen LogP) is 3.72. The van der Waals surface area contributed by atoms with Crippen molar-refractivity contribution in [3.8, 4) is 0 Å². The molecule has 0 aliphatic heterocycles. The number of hydrogen-bond donors (Lipinski definition) is 2. The number of alkyl carbamates (subject to hydrolysis) is 1. The van der Waals surface area contributed by atoms with Gasteiger partial charge < -0.3 is 19.8 Å². The third-order valence-electron chi connectivity index (χ3n) is 2.72. The fourth-order valence-electron chi connectivity index (χ4n) is 1.84. The highest BCUT2D eigenvalue weighted by Gasteiger charge is 2.17. The highest BCUT2D eigenvalue weighted by molar-refractivity contribution is 6.28. The minimum atomic E-state index is -0.483. The Morgan fingerprint density at radius 2 is 2.14 bits per heavy atom. The van der Waals surface area contributed by atoms with Gasteiger partial charge in [-0.15, -0.1) is 0 Å². The Kier molecular flexibility index (Phi) is 7.05. The van der Waals surface area contributed by atoms with Crippen LogP contribution < -0.4 is 10.6 Å². The number of hydrogen-bond acceptors (Lipinski definition) is 4. The third kappa shape index (κ3) is 7.97. The lowest BCUT2D eigenvalue weighted by Crippen LogP contribution is -2.42. The molecule has 1 aromatic heterocycles. The lowest BCUT2D eigenvalue weighted by Gasteiger charge is -2.22. The molecule has 2 N–H and O–H groups in total. The van der Waals surface area contributed by atoms with Crippen LogP contribution in [0.3, 0.4) is 0 Å². The molecular formula is C15H25ClN2O3. The number of nitrogens with one attached hydrogen (secondary N) is 2. The summed E-state index contributed by atoms with van der Waals surface area (Å²) in [6.07, 6.45) is 1.57. The summed E-state index contributed by atoms with van der Waals surface area (Å²) < 4.78 is 10.5. The summed E-state index contributed by atoms with van der Waals surface area (Å²) in [7, 11) is 0. The first kappa shape index (κ1) is 17.9. The van der Waals surface area contributed by atoms with Gasteiger partial charge in [0.05, 0.1) is 6.54 Å². The number of furan rings is 1. The molecule has 6 heteroatoms. The summed E-state index contributed by atoms with van der Waals surface area (Å²) in [5.41, 5.74) is -0.483. The van der Waals surface area contributed by atoms with Gasteiger partial charge in [0.2, 0.25) is 0 Å². The molecular weight excluding hydrogens is 292 g/mol. The molecule has 1 aromatic rings. The summed E-state index contributed by atoms with van der Waals surface area (Å²) in [4.78, 5) is 11.6. The van der Waals surface area contributed by atoms with Crippen LogP contribution in [0.4, 0.5) is 4.79 Å². The lowest BCUT2D eigenvalue weighted by molar-refractivity contribution is 0.0521. The van der Waals surface area contributed by atoms with Crippen LogP contribution >= 0.6 is 11.6 Å². The number of ether oxygens (including phenoxy) is 1. The summed E-state index contributed by atoms with van der Waals surface area (Å²) in [6.45, 7) is 8.72. The molecule has 0 aliphatic carbocycles. The molecule has 0 saturated heterocycles.